The molecule has 0 aromatic carbocycles. The van der Waals surface area contributed by atoms with Crippen molar-refractivity contribution < 1.29 is 19.1 Å². The van der Waals surface area contributed by atoms with Crippen LogP contribution in [0.25, 0.3) is 0 Å². The Morgan fingerprint density at radius 2 is 1.86 bits per heavy atom. The molecular formula is C22H28Br2O4. The van der Waals surface area contributed by atoms with Crippen LogP contribution in [0, 0.1) is 29.1 Å². The number of alkyl halides is 2. The molecule has 0 aromatic rings. The van der Waals surface area contributed by atoms with Crippen LogP contribution in [-0.4, -0.2) is 26.9 Å². The summed E-state index contributed by atoms with van der Waals surface area (Å²) in [5.74, 6) is 1.89. The molecule has 0 heterocycles. The number of halogens is 2. The minimum atomic E-state index is -1.05. The molecule has 154 valence electrons. The van der Waals surface area contributed by atoms with Gasteiger partial charge in [-0.3, -0.25) is 14.4 Å². The highest BCUT2D eigenvalue weighted by Crippen LogP contribution is 2.66. The molecule has 6 atom stereocenters. The van der Waals surface area contributed by atoms with Gasteiger partial charge in [-0.15, -0.1) is 0 Å². The molecule has 0 aliphatic heterocycles. The van der Waals surface area contributed by atoms with Crippen LogP contribution in [0.5, 0.6) is 0 Å². The lowest BCUT2D eigenvalue weighted by Crippen LogP contribution is -2.59. The topological polar surface area (TPSA) is 60.4 Å². The first-order valence-electron chi connectivity index (χ1n) is 10.4. The van der Waals surface area contributed by atoms with Gasteiger partial charge in [0.25, 0.3) is 0 Å². The zero-order chi connectivity index (χ0) is 20.3. The number of fused-ring (bicyclic) bond motifs is 5. The third kappa shape index (κ3) is 3.00. The third-order valence-corrected chi connectivity index (χ3v) is 9.17. The average molecular weight is 516 g/mol. The molecule has 4 aliphatic rings. The largest absolute Gasteiger partial charge is 0.451 e. The maximum Gasteiger partial charge on any atom is 0.303 e. The quantitative estimate of drug-likeness (QED) is 0.387. The van der Waals surface area contributed by atoms with Gasteiger partial charge in [-0.2, -0.15) is 0 Å². The van der Waals surface area contributed by atoms with Gasteiger partial charge < -0.3 is 4.74 Å². The molecule has 4 nitrogen and oxygen atoms in total. The lowest BCUT2D eigenvalue weighted by atomic mass is 9.50. The molecular weight excluding hydrogens is 488 g/mol. The fourth-order valence-corrected chi connectivity index (χ4v) is 7.96. The number of allylic oxidation sites excluding steroid dienone is 1. The Kier molecular flexibility index (Phi) is 5.44. The molecule has 0 unspecified atom stereocenters. The van der Waals surface area contributed by atoms with E-state index in [0.717, 1.165) is 38.5 Å². The standard InChI is InChI=1S/C22H28Br2O4/c1-12(25)28-22(19(27)20(23)24)10-8-18-17-5-3-13-11-14(26)4-6-15(13)16(17)7-9-21(18,22)2/h11,15-18,20H,3-10H2,1-2H3/t15-,16+,17+,18-,21-,22+/m0/s1. The van der Waals surface area contributed by atoms with E-state index >= 15 is 0 Å². The van der Waals surface area contributed by atoms with E-state index < -0.39 is 9.34 Å². The zero-order valence-electron chi connectivity index (χ0n) is 16.5. The first-order valence-corrected chi connectivity index (χ1v) is 12.3. The molecule has 6 heteroatoms. The number of Topliss-reactive ketones (excluding diaryl/α,β-unsaturated/α-hetero) is 1. The van der Waals surface area contributed by atoms with Crippen LogP contribution in [-0.2, 0) is 19.1 Å². The van der Waals surface area contributed by atoms with Crippen molar-refractivity contribution in [2.75, 3.05) is 0 Å². The van der Waals surface area contributed by atoms with Crippen molar-refractivity contribution in [2.24, 2.45) is 29.1 Å². The smallest absolute Gasteiger partial charge is 0.303 e. The highest BCUT2D eigenvalue weighted by atomic mass is 79.9. The van der Waals surface area contributed by atoms with E-state index in [-0.39, 0.29) is 23.0 Å². The Hall–Kier alpha value is -0.490. The van der Waals surface area contributed by atoms with Gasteiger partial charge in [0.1, 0.15) is 3.74 Å². The fraction of sp³-hybridized carbons (Fsp3) is 0.773. The summed E-state index contributed by atoms with van der Waals surface area (Å²) in [7, 11) is 0. The fourth-order valence-electron chi connectivity index (χ4n) is 7.22. The van der Waals surface area contributed by atoms with Crippen molar-refractivity contribution in [3.63, 3.8) is 0 Å². The van der Waals surface area contributed by atoms with Gasteiger partial charge in [-0.05, 0) is 74.7 Å². The second-order valence-electron chi connectivity index (χ2n) is 9.38. The number of ether oxygens (including phenoxy) is 1. The van der Waals surface area contributed by atoms with Crippen molar-refractivity contribution in [1.29, 1.82) is 0 Å². The molecule has 0 spiro atoms. The van der Waals surface area contributed by atoms with Gasteiger partial charge in [-0.1, -0.05) is 44.4 Å². The van der Waals surface area contributed by atoms with Crippen LogP contribution < -0.4 is 0 Å². The minimum absolute atomic E-state index is 0.0641. The SMILES string of the molecule is CC(=O)O[C@@]1(C(=O)C(Br)Br)CC[C@H]2[C@@H]3CCC4=CC(=O)CC[C@@H]4[C@H]3CC[C@@]21C. The van der Waals surface area contributed by atoms with Crippen LogP contribution in [0.1, 0.15) is 65.2 Å². The van der Waals surface area contributed by atoms with Crippen molar-refractivity contribution in [3.05, 3.63) is 11.6 Å². The number of esters is 1. The molecule has 4 rings (SSSR count). The van der Waals surface area contributed by atoms with E-state index in [1.54, 1.807) is 0 Å². The Labute approximate surface area is 183 Å². The van der Waals surface area contributed by atoms with Crippen LogP contribution in [0.2, 0.25) is 0 Å². The van der Waals surface area contributed by atoms with Crippen molar-refractivity contribution in [1.82, 2.24) is 0 Å². The minimum Gasteiger partial charge on any atom is -0.451 e. The number of carbonyl (C=O) groups is 3. The van der Waals surface area contributed by atoms with E-state index in [9.17, 15) is 14.4 Å². The summed E-state index contributed by atoms with van der Waals surface area (Å²) < 4.78 is 5.37. The average Bonchev–Trinajstić information content (AvgIpc) is 2.93. The summed E-state index contributed by atoms with van der Waals surface area (Å²) in [6.07, 6.45) is 9.11. The van der Waals surface area contributed by atoms with Gasteiger partial charge >= 0.3 is 5.97 Å². The summed E-state index contributed by atoms with van der Waals surface area (Å²) in [6.45, 7) is 3.59. The Balaban J connectivity index is 1.68. The van der Waals surface area contributed by atoms with Crippen LogP contribution in [0.15, 0.2) is 11.6 Å². The molecule has 0 aromatic heterocycles. The van der Waals surface area contributed by atoms with E-state index in [4.69, 9.17) is 4.74 Å². The molecule has 3 saturated carbocycles. The lowest BCUT2D eigenvalue weighted by Gasteiger charge is -2.55. The van der Waals surface area contributed by atoms with Gasteiger partial charge in [0.2, 0.25) is 5.78 Å². The third-order valence-electron chi connectivity index (χ3n) is 8.33. The predicted octanol–water partition coefficient (Wildman–Crippen LogP) is 5.12. The molecule has 0 saturated heterocycles. The van der Waals surface area contributed by atoms with Gasteiger partial charge in [-0.25, -0.2) is 0 Å². The molecule has 3 fully saturated rings. The molecule has 0 radical (unpaired) electrons. The maximum absolute atomic E-state index is 13.3. The summed E-state index contributed by atoms with van der Waals surface area (Å²) in [6, 6.07) is 0. The van der Waals surface area contributed by atoms with Crippen molar-refractivity contribution >= 4 is 49.4 Å². The number of hydrogen-bond donors (Lipinski definition) is 0. The van der Waals surface area contributed by atoms with Gasteiger partial charge in [0.15, 0.2) is 11.4 Å². The number of ketones is 2. The number of carbonyl (C=O) groups excluding carboxylic acids is 3. The van der Waals surface area contributed by atoms with E-state index in [1.165, 1.54) is 12.5 Å². The molecule has 0 N–H and O–H groups in total. The van der Waals surface area contributed by atoms with E-state index in [0.29, 0.717) is 36.5 Å². The predicted molar refractivity (Wildman–Crippen MR) is 113 cm³/mol. The van der Waals surface area contributed by atoms with Crippen LogP contribution in [0.4, 0.5) is 0 Å². The first-order chi connectivity index (χ1) is 13.2. The number of hydrogen-bond acceptors (Lipinski definition) is 4. The first kappa shape index (κ1) is 20.8. The Morgan fingerprint density at radius 3 is 2.54 bits per heavy atom. The normalized spacial score (nSPS) is 42.3. The summed E-state index contributed by atoms with van der Waals surface area (Å²) >= 11 is 6.74. The zero-order valence-corrected chi connectivity index (χ0v) is 19.7. The number of rotatable bonds is 3. The highest BCUT2D eigenvalue weighted by molar-refractivity contribution is 9.25. The van der Waals surface area contributed by atoms with Crippen molar-refractivity contribution in [3.8, 4) is 0 Å². The second kappa shape index (κ2) is 7.33. The Morgan fingerprint density at radius 1 is 1.11 bits per heavy atom. The van der Waals surface area contributed by atoms with Crippen LogP contribution >= 0.6 is 31.9 Å². The summed E-state index contributed by atoms with van der Waals surface area (Å²) in [4.78, 5) is 37.1. The van der Waals surface area contributed by atoms with E-state index in [1.807, 2.05) is 6.08 Å². The van der Waals surface area contributed by atoms with E-state index in [2.05, 4.69) is 38.8 Å². The highest BCUT2D eigenvalue weighted by Gasteiger charge is 2.68. The van der Waals surface area contributed by atoms with Crippen LogP contribution in [0.3, 0.4) is 0 Å². The lowest BCUT2D eigenvalue weighted by molar-refractivity contribution is -0.185. The summed E-state index contributed by atoms with van der Waals surface area (Å²) in [5, 5.41) is 0. The van der Waals surface area contributed by atoms with Gasteiger partial charge in [0.05, 0.1) is 0 Å². The maximum atomic E-state index is 13.3. The van der Waals surface area contributed by atoms with Crippen molar-refractivity contribution in [2.45, 2.75) is 74.6 Å². The van der Waals surface area contributed by atoms with Gasteiger partial charge in [0, 0.05) is 18.8 Å². The molecule has 0 amide bonds. The monoisotopic (exact) mass is 514 g/mol. The second-order valence-corrected chi connectivity index (χ2v) is 12.4. The molecule has 0 bridgehead atoms. The molecule has 28 heavy (non-hydrogen) atoms. The summed E-state index contributed by atoms with van der Waals surface area (Å²) in [5.41, 5.74) is -0.0184. The Bertz CT molecular complexity index is 745. The molecule has 4 aliphatic carbocycles.